The predicted octanol–water partition coefficient (Wildman–Crippen LogP) is 2.20. The number of aromatic nitrogens is 4. The topological polar surface area (TPSA) is 75.3 Å². The Labute approximate surface area is 134 Å². The van der Waals surface area contributed by atoms with E-state index >= 15 is 0 Å². The van der Waals surface area contributed by atoms with Gasteiger partial charge in [0.1, 0.15) is 12.1 Å². The molecule has 0 spiro atoms. The number of fused-ring (bicyclic) bond motifs is 1. The molecular weight excluding hydrogens is 331 g/mol. The molecule has 0 amide bonds. The van der Waals surface area contributed by atoms with E-state index in [1.54, 1.807) is 11.8 Å². The SMILES string of the molecule is CCSC1CCC1(O)CNc1cc(C(F)(F)F)nc2ncnn12. The number of hydrogen-bond donors (Lipinski definition) is 2. The summed E-state index contributed by atoms with van der Waals surface area (Å²) in [6, 6.07) is 0.881. The van der Waals surface area contributed by atoms with Crippen LogP contribution < -0.4 is 5.32 Å². The van der Waals surface area contributed by atoms with Crippen LogP contribution in [0.4, 0.5) is 19.0 Å². The van der Waals surface area contributed by atoms with E-state index in [0.29, 0.717) is 6.42 Å². The first-order valence-electron chi connectivity index (χ1n) is 7.19. The number of halogens is 3. The fourth-order valence-corrected chi connectivity index (χ4v) is 3.76. The Kier molecular flexibility index (Phi) is 4.13. The van der Waals surface area contributed by atoms with Gasteiger partial charge in [0.05, 0.1) is 5.60 Å². The number of nitrogens with zero attached hydrogens (tertiary/aromatic N) is 4. The van der Waals surface area contributed by atoms with E-state index in [9.17, 15) is 18.3 Å². The molecule has 0 radical (unpaired) electrons. The number of anilines is 1. The molecule has 0 bridgehead atoms. The van der Waals surface area contributed by atoms with Gasteiger partial charge in [0.2, 0.25) is 0 Å². The summed E-state index contributed by atoms with van der Waals surface area (Å²) in [5.41, 5.74) is -1.96. The summed E-state index contributed by atoms with van der Waals surface area (Å²) in [6.07, 6.45) is -1.91. The van der Waals surface area contributed by atoms with Gasteiger partial charge in [-0.25, -0.2) is 4.98 Å². The normalized spacial score (nSPS) is 24.7. The number of alkyl halides is 3. The van der Waals surface area contributed by atoms with Gasteiger partial charge in [0, 0.05) is 17.9 Å². The molecule has 1 saturated carbocycles. The Bertz CT molecular complexity index is 706. The van der Waals surface area contributed by atoms with Crippen molar-refractivity contribution in [1.29, 1.82) is 0 Å². The zero-order chi connectivity index (χ0) is 16.7. The minimum atomic E-state index is -4.57. The first kappa shape index (κ1) is 16.3. The van der Waals surface area contributed by atoms with Gasteiger partial charge in [-0.2, -0.15) is 39.5 Å². The van der Waals surface area contributed by atoms with Gasteiger partial charge in [-0.3, -0.25) is 0 Å². The Morgan fingerprint density at radius 3 is 2.91 bits per heavy atom. The minimum absolute atomic E-state index is 0.0927. The fourth-order valence-electron chi connectivity index (χ4n) is 2.56. The van der Waals surface area contributed by atoms with Gasteiger partial charge in [0.25, 0.3) is 5.78 Å². The molecule has 2 atom stereocenters. The lowest BCUT2D eigenvalue weighted by Gasteiger charge is -2.45. The Hall–Kier alpha value is -1.55. The molecule has 3 rings (SSSR count). The zero-order valence-electron chi connectivity index (χ0n) is 12.3. The van der Waals surface area contributed by atoms with Crippen LogP contribution in [-0.2, 0) is 6.18 Å². The van der Waals surface area contributed by atoms with Gasteiger partial charge < -0.3 is 10.4 Å². The molecule has 0 aromatic carbocycles. The monoisotopic (exact) mass is 347 g/mol. The second-order valence-corrected chi connectivity index (χ2v) is 6.92. The summed E-state index contributed by atoms with van der Waals surface area (Å²) in [5.74, 6) is 0.858. The highest BCUT2D eigenvalue weighted by Crippen LogP contribution is 2.41. The second-order valence-electron chi connectivity index (χ2n) is 5.44. The molecule has 126 valence electrons. The lowest BCUT2D eigenvalue weighted by Crippen LogP contribution is -2.54. The highest BCUT2D eigenvalue weighted by atomic mass is 32.2. The highest BCUT2D eigenvalue weighted by Gasteiger charge is 2.45. The smallest absolute Gasteiger partial charge is 0.387 e. The number of aliphatic hydroxyl groups is 1. The standard InChI is InChI=1S/C13H16F3N5OS/c1-2-23-9-3-4-12(9,22)6-17-10-5-8(13(14,15)16)20-11-18-7-19-21(10)11/h5,7,9,17,22H,2-4,6H2,1H3. The van der Waals surface area contributed by atoms with Crippen molar-refractivity contribution in [2.24, 2.45) is 0 Å². The van der Waals surface area contributed by atoms with E-state index in [0.717, 1.165) is 24.6 Å². The third-order valence-corrected chi connectivity index (χ3v) is 5.33. The van der Waals surface area contributed by atoms with Crippen molar-refractivity contribution in [3.63, 3.8) is 0 Å². The van der Waals surface area contributed by atoms with Gasteiger partial charge in [-0.1, -0.05) is 6.92 Å². The molecule has 0 saturated heterocycles. The summed E-state index contributed by atoms with van der Waals surface area (Å²) in [6.45, 7) is 2.16. The molecule has 1 aliphatic carbocycles. The first-order chi connectivity index (χ1) is 10.8. The van der Waals surface area contributed by atoms with E-state index in [1.807, 2.05) is 6.92 Å². The lowest BCUT2D eigenvalue weighted by atomic mass is 9.79. The summed E-state index contributed by atoms with van der Waals surface area (Å²) < 4.78 is 39.9. The van der Waals surface area contributed by atoms with E-state index in [1.165, 1.54) is 4.52 Å². The second kappa shape index (κ2) is 5.82. The van der Waals surface area contributed by atoms with Crippen LogP contribution in [0.25, 0.3) is 5.78 Å². The van der Waals surface area contributed by atoms with Crippen molar-refractivity contribution in [3.05, 3.63) is 18.1 Å². The molecule has 2 unspecified atom stereocenters. The predicted molar refractivity (Wildman–Crippen MR) is 80.4 cm³/mol. The zero-order valence-corrected chi connectivity index (χ0v) is 13.2. The fraction of sp³-hybridized carbons (Fsp3) is 0.615. The average molecular weight is 347 g/mol. The minimum Gasteiger partial charge on any atom is -0.387 e. The maximum absolute atomic E-state index is 12.9. The highest BCUT2D eigenvalue weighted by molar-refractivity contribution is 8.00. The molecule has 1 fully saturated rings. The number of rotatable bonds is 5. The summed E-state index contributed by atoms with van der Waals surface area (Å²) >= 11 is 1.66. The van der Waals surface area contributed by atoms with Crippen molar-refractivity contribution in [2.45, 2.75) is 36.8 Å². The van der Waals surface area contributed by atoms with Gasteiger partial charge in [-0.05, 0) is 18.6 Å². The van der Waals surface area contributed by atoms with Crippen LogP contribution in [-0.4, -0.2) is 47.8 Å². The molecule has 2 aromatic heterocycles. The van der Waals surface area contributed by atoms with Crippen LogP contribution in [0.3, 0.4) is 0 Å². The quantitative estimate of drug-likeness (QED) is 0.864. The molecule has 10 heteroatoms. The van der Waals surface area contributed by atoms with Crippen LogP contribution in [0.1, 0.15) is 25.5 Å². The maximum Gasteiger partial charge on any atom is 0.433 e. The molecule has 2 heterocycles. The molecule has 1 aliphatic rings. The van der Waals surface area contributed by atoms with Crippen molar-refractivity contribution >= 4 is 23.4 Å². The van der Waals surface area contributed by atoms with Crippen LogP contribution in [0.2, 0.25) is 0 Å². The van der Waals surface area contributed by atoms with Gasteiger partial charge in [0.15, 0.2) is 5.69 Å². The van der Waals surface area contributed by atoms with Crippen molar-refractivity contribution in [3.8, 4) is 0 Å². The van der Waals surface area contributed by atoms with Crippen LogP contribution in [0, 0.1) is 0 Å². The Balaban J connectivity index is 1.84. The lowest BCUT2D eigenvalue weighted by molar-refractivity contribution is -0.141. The van der Waals surface area contributed by atoms with Gasteiger partial charge in [-0.15, -0.1) is 0 Å². The van der Waals surface area contributed by atoms with Crippen molar-refractivity contribution in [1.82, 2.24) is 19.6 Å². The molecule has 2 N–H and O–H groups in total. The van der Waals surface area contributed by atoms with Crippen molar-refractivity contribution < 1.29 is 18.3 Å². The molecule has 6 nitrogen and oxygen atoms in total. The molecular formula is C13H16F3N5OS. The Morgan fingerprint density at radius 2 is 2.30 bits per heavy atom. The van der Waals surface area contributed by atoms with E-state index in [2.05, 4.69) is 20.4 Å². The van der Waals surface area contributed by atoms with Crippen LogP contribution >= 0.6 is 11.8 Å². The van der Waals surface area contributed by atoms with E-state index < -0.39 is 17.5 Å². The molecule has 23 heavy (non-hydrogen) atoms. The summed E-state index contributed by atoms with van der Waals surface area (Å²) in [4.78, 5) is 7.16. The first-order valence-corrected chi connectivity index (χ1v) is 8.24. The van der Waals surface area contributed by atoms with Crippen molar-refractivity contribution in [2.75, 3.05) is 17.6 Å². The van der Waals surface area contributed by atoms with Crippen LogP contribution in [0.5, 0.6) is 0 Å². The average Bonchev–Trinajstić information content (AvgIpc) is 2.96. The molecule has 2 aromatic rings. The van der Waals surface area contributed by atoms with E-state index in [4.69, 9.17) is 0 Å². The van der Waals surface area contributed by atoms with E-state index in [-0.39, 0.29) is 23.4 Å². The Morgan fingerprint density at radius 1 is 1.52 bits per heavy atom. The largest absolute Gasteiger partial charge is 0.433 e. The van der Waals surface area contributed by atoms with Gasteiger partial charge >= 0.3 is 6.18 Å². The molecule has 0 aliphatic heterocycles. The summed E-state index contributed by atoms with van der Waals surface area (Å²) in [5, 5.41) is 17.4. The third-order valence-electron chi connectivity index (χ3n) is 3.92. The summed E-state index contributed by atoms with van der Waals surface area (Å²) in [7, 11) is 0. The maximum atomic E-state index is 12.9. The number of nitrogens with one attached hydrogen (secondary N) is 1. The number of thioether (sulfide) groups is 1. The number of hydrogen-bond acceptors (Lipinski definition) is 6. The third kappa shape index (κ3) is 3.09. The van der Waals surface area contributed by atoms with Crippen LogP contribution in [0.15, 0.2) is 12.4 Å².